The molecule has 1 N–H and O–H groups in total. The molecule has 0 radical (unpaired) electrons. The van der Waals surface area contributed by atoms with Gasteiger partial charge in [-0.15, -0.1) is 0 Å². The number of nitro groups is 1. The smallest absolute Gasteiger partial charge is 0.355 e. The fourth-order valence-corrected chi connectivity index (χ4v) is 1.43. The second-order valence-electron chi connectivity index (χ2n) is 2.16. The standard InChI is InChI=1S/C6H4NO5P/c8-4-2-1-3-5(13(11)12)6(4)7(9)10/h1-3,8H. The van der Waals surface area contributed by atoms with Gasteiger partial charge in [0.2, 0.25) is 0 Å². The van der Waals surface area contributed by atoms with Crippen LogP contribution in [0.2, 0.25) is 0 Å². The lowest BCUT2D eigenvalue weighted by atomic mass is 10.3. The van der Waals surface area contributed by atoms with E-state index < -0.39 is 29.3 Å². The van der Waals surface area contributed by atoms with E-state index in [4.69, 9.17) is 5.11 Å². The number of rotatable bonds is 2. The number of nitrogens with zero attached hydrogens (tertiary/aromatic N) is 1. The van der Waals surface area contributed by atoms with Crippen molar-refractivity contribution in [2.24, 2.45) is 0 Å². The third kappa shape index (κ3) is 1.73. The summed E-state index contributed by atoms with van der Waals surface area (Å²) in [5.41, 5.74) is -0.779. The average Bonchev–Trinajstić information content (AvgIpc) is 2.02. The summed E-state index contributed by atoms with van der Waals surface area (Å²) < 4.78 is 21.0. The number of nitro benzene ring substituents is 1. The Bertz CT molecular complexity index is 417. The van der Waals surface area contributed by atoms with Gasteiger partial charge in [-0.25, -0.2) is 9.13 Å². The van der Waals surface area contributed by atoms with Crippen molar-refractivity contribution < 1.29 is 19.2 Å². The van der Waals surface area contributed by atoms with E-state index in [2.05, 4.69) is 0 Å². The first-order valence-electron chi connectivity index (χ1n) is 3.15. The van der Waals surface area contributed by atoms with E-state index in [1.165, 1.54) is 6.07 Å². The fraction of sp³-hybridized carbons (Fsp3) is 0. The molecule has 0 bridgehead atoms. The van der Waals surface area contributed by atoms with Gasteiger partial charge in [0.1, 0.15) is 0 Å². The lowest BCUT2D eigenvalue weighted by Gasteiger charge is -1.95. The van der Waals surface area contributed by atoms with E-state index in [1.54, 1.807) is 0 Å². The van der Waals surface area contributed by atoms with Crippen molar-refractivity contribution in [2.75, 3.05) is 0 Å². The number of phenolic OH excluding ortho intramolecular Hbond substituents is 1. The van der Waals surface area contributed by atoms with Gasteiger partial charge in [-0.1, -0.05) is 6.07 Å². The van der Waals surface area contributed by atoms with Crippen LogP contribution in [0.3, 0.4) is 0 Å². The minimum Gasteiger partial charge on any atom is -0.502 e. The number of aromatic hydroxyl groups is 1. The maximum Gasteiger partial charge on any atom is 0.355 e. The molecule has 0 spiro atoms. The van der Waals surface area contributed by atoms with Crippen LogP contribution in [0.4, 0.5) is 5.69 Å². The molecule has 0 heterocycles. The SMILES string of the molecule is O=[N+]([O-])c1c(O)cccc1P(=O)=O. The molecular formula is C6H4NO5P. The first-order chi connectivity index (χ1) is 6.04. The van der Waals surface area contributed by atoms with Gasteiger partial charge in [-0.05, 0) is 12.1 Å². The molecule has 0 aliphatic carbocycles. The maximum atomic E-state index is 10.5. The van der Waals surface area contributed by atoms with Crippen LogP contribution in [0, 0.1) is 10.1 Å². The van der Waals surface area contributed by atoms with E-state index in [-0.39, 0.29) is 0 Å². The Hall–Kier alpha value is -1.68. The van der Waals surface area contributed by atoms with Gasteiger partial charge >= 0.3 is 13.4 Å². The highest BCUT2D eigenvalue weighted by Crippen LogP contribution is 2.26. The van der Waals surface area contributed by atoms with Crippen LogP contribution in [-0.4, -0.2) is 10.0 Å². The van der Waals surface area contributed by atoms with Gasteiger partial charge in [-0.2, -0.15) is 0 Å². The summed E-state index contributed by atoms with van der Waals surface area (Å²) in [6, 6.07) is 3.34. The predicted octanol–water partition coefficient (Wildman–Crippen LogP) is 1.10. The molecule has 0 fully saturated rings. The largest absolute Gasteiger partial charge is 0.502 e. The first kappa shape index (κ1) is 9.41. The number of para-hydroxylation sites is 1. The Morgan fingerprint density at radius 2 is 2.00 bits per heavy atom. The van der Waals surface area contributed by atoms with Crippen molar-refractivity contribution in [3.8, 4) is 5.75 Å². The zero-order chi connectivity index (χ0) is 10.0. The number of hydrogen-bond donors (Lipinski definition) is 1. The molecule has 0 saturated heterocycles. The average molecular weight is 201 g/mol. The summed E-state index contributed by atoms with van der Waals surface area (Å²) in [6.07, 6.45) is 0. The van der Waals surface area contributed by atoms with Crippen molar-refractivity contribution in [1.82, 2.24) is 0 Å². The van der Waals surface area contributed by atoms with Crippen LogP contribution in [0.1, 0.15) is 0 Å². The van der Waals surface area contributed by atoms with Crippen molar-refractivity contribution in [2.45, 2.75) is 0 Å². The quantitative estimate of drug-likeness (QED) is 0.438. The van der Waals surface area contributed by atoms with Crippen molar-refractivity contribution in [1.29, 1.82) is 0 Å². The minimum atomic E-state index is -3.07. The highest BCUT2D eigenvalue weighted by molar-refractivity contribution is 7.41. The van der Waals surface area contributed by atoms with E-state index in [0.29, 0.717) is 0 Å². The molecule has 0 atom stereocenters. The number of hydrogen-bond acceptors (Lipinski definition) is 5. The molecule has 0 aliphatic rings. The van der Waals surface area contributed by atoms with E-state index >= 15 is 0 Å². The molecule has 1 aromatic carbocycles. The maximum absolute atomic E-state index is 10.5. The van der Waals surface area contributed by atoms with E-state index in [0.717, 1.165) is 12.1 Å². The summed E-state index contributed by atoms with van der Waals surface area (Å²) in [6.45, 7) is 0. The van der Waals surface area contributed by atoms with Crippen LogP contribution in [0.25, 0.3) is 0 Å². The Morgan fingerprint density at radius 1 is 1.38 bits per heavy atom. The van der Waals surface area contributed by atoms with Gasteiger partial charge in [-0.3, -0.25) is 10.1 Å². The second-order valence-corrected chi connectivity index (χ2v) is 3.16. The van der Waals surface area contributed by atoms with Crippen molar-refractivity contribution >= 4 is 18.7 Å². The van der Waals surface area contributed by atoms with Gasteiger partial charge in [0.15, 0.2) is 11.1 Å². The number of benzene rings is 1. The van der Waals surface area contributed by atoms with Crippen LogP contribution in [-0.2, 0) is 9.13 Å². The van der Waals surface area contributed by atoms with Crippen LogP contribution in [0.5, 0.6) is 5.75 Å². The molecule has 13 heavy (non-hydrogen) atoms. The van der Waals surface area contributed by atoms with E-state index in [9.17, 15) is 19.2 Å². The summed E-state index contributed by atoms with van der Waals surface area (Å²) in [5.74, 6) is -0.651. The zero-order valence-electron chi connectivity index (χ0n) is 6.21. The Labute approximate surface area is 72.8 Å². The molecule has 0 saturated carbocycles. The van der Waals surface area contributed by atoms with Crippen LogP contribution < -0.4 is 5.30 Å². The van der Waals surface area contributed by atoms with Gasteiger partial charge in [0, 0.05) is 0 Å². The Balaban J connectivity index is 3.52. The molecule has 0 aliphatic heterocycles. The second kappa shape index (κ2) is 3.37. The normalized spacial score (nSPS) is 9.54. The van der Waals surface area contributed by atoms with Gasteiger partial charge in [0.25, 0.3) is 0 Å². The lowest BCUT2D eigenvalue weighted by molar-refractivity contribution is -0.384. The molecule has 0 aromatic heterocycles. The molecule has 6 nitrogen and oxygen atoms in total. The van der Waals surface area contributed by atoms with Crippen molar-refractivity contribution in [3.05, 3.63) is 28.3 Å². The zero-order valence-corrected chi connectivity index (χ0v) is 7.10. The molecule has 0 unspecified atom stereocenters. The van der Waals surface area contributed by atoms with Crippen LogP contribution >= 0.6 is 7.68 Å². The molecule has 68 valence electrons. The highest BCUT2D eigenvalue weighted by Gasteiger charge is 2.22. The highest BCUT2D eigenvalue weighted by atomic mass is 31.1. The molecule has 0 amide bonds. The minimum absolute atomic E-state index is 0.486. The van der Waals surface area contributed by atoms with Crippen LogP contribution in [0.15, 0.2) is 18.2 Å². The van der Waals surface area contributed by atoms with E-state index in [1.807, 2.05) is 0 Å². The molecular weight excluding hydrogens is 197 g/mol. The third-order valence-electron chi connectivity index (χ3n) is 1.37. The lowest BCUT2D eigenvalue weighted by Crippen LogP contribution is -2.02. The monoisotopic (exact) mass is 201 g/mol. The van der Waals surface area contributed by atoms with Gasteiger partial charge in [0.05, 0.1) is 4.92 Å². The molecule has 7 heteroatoms. The molecule has 1 rings (SSSR count). The Kier molecular flexibility index (Phi) is 2.44. The third-order valence-corrected chi connectivity index (χ3v) is 2.13. The topological polar surface area (TPSA) is 97.5 Å². The summed E-state index contributed by atoms with van der Waals surface area (Å²) >= 11 is 0. The number of phenols is 1. The fourth-order valence-electron chi connectivity index (χ4n) is 0.854. The Morgan fingerprint density at radius 3 is 2.38 bits per heavy atom. The first-order valence-corrected chi connectivity index (χ1v) is 4.32. The summed E-state index contributed by atoms with van der Waals surface area (Å²) in [4.78, 5) is 9.39. The predicted molar refractivity (Wildman–Crippen MR) is 42.7 cm³/mol. The summed E-state index contributed by atoms with van der Waals surface area (Å²) in [5, 5.41) is 18.8. The van der Waals surface area contributed by atoms with Gasteiger partial charge < -0.3 is 5.11 Å². The molecule has 1 aromatic rings. The van der Waals surface area contributed by atoms with Crippen molar-refractivity contribution in [3.63, 3.8) is 0 Å². The summed E-state index contributed by atoms with van der Waals surface area (Å²) in [7, 11) is -3.07.